The first-order valence-corrected chi connectivity index (χ1v) is 5.03. The van der Waals surface area contributed by atoms with E-state index < -0.39 is 4.92 Å². The molecule has 0 aliphatic rings. The van der Waals surface area contributed by atoms with E-state index in [1.165, 1.54) is 6.07 Å². The molecule has 1 rings (SSSR count). The predicted molar refractivity (Wildman–Crippen MR) is 60.8 cm³/mol. The Morgan fingerprint density at radius 3 is 2.56 bits per heavy atom. The van der Waals surface area contributed by atoms with Crippen LogP contribution in [0.3, 0.4) is 0 Å². The zero-order valence-electron chi connectivity index (χ0n) is 9.69. The highest BCUT2D eigenvalue weighted by atomic mass is 16.7. The first-order chi connectivity index (χ1) is 7.40. The summed E-state index contributed by atoms with van der Waals surface area (Å²) in [7, 11) is 0. The Kier molecular flexibility index (Phi) is 3.98. The number of nitro groups is 1. The van der Waals surface area contributed by atoms with E-state index >= 15 is 0 Å². The van der Waals surface area contributed by atoms with Gasteiger partial charge in [-0.25, -0.2) is 0 Å². The number of hydroxylamine groups is 1. The minimum absolute atomic E-state index is 0.104. The Morgan fingerprint density at radius 1 is 1.38 bits per heavy atom. The second kappa shape index (κ2) is 5.05. The molecule has 0 saturated heterocycles. The molecule has 0 heterocycles. The summed E-state index contributed by atoms with van der Waals surface area (Å²) in [6, 6.07) is 6.60. The summed E-state index contributed by atoms with van der Waals surface area (Å²) >= 11 is 0. The van der Waals surface area contributed by atoms with Crippen molar-refractivity contribution in [2.75, 3.05) is 0 Å². The highest BCUT2D eigenvalue weighted by Gasteiger charge is 2.14. The van der Waals surface area contributed by atoms with Gasteiger partial charge in [0.15, 0.2) is 0 Å². The van der Waals surface area contributed by atoms with Crippen molar-refractivity contribution in [2.24, 2.45) is 0 Å². The summed E-state index contributed by atoms with van der Waals surface area (Å²) in [5.41, 5.74) is 3.13. The first kappa shape index (κ1) is 12.6. The number of para-hydroxylation sites is 1. The maximum Gasteiger partial charge on any atom is 0.273 e. The van der Waals surface area contributed by atoms with Gasteiger partial charge in [0.1, 0.15) is 0 Å². The van der Waals surface area contributed by atoms with Crippen molar-refractivity contribution in [3.63, 3.8) is 0 Å². The van der Waals surface area contributed by atoms with Crippen LogP contribution in [0.4, 0.5) is 5.69 Å². The number of benzene rings is 1. The lowest BCUT2D eigenvalue weighted by atomic mass is 10.2. The van der Waals surface area contributed by atoms with E-state index in [-0.39, 0.29) is 11.3 Å². The summed E-state index contributed by atoms with van der Waals surface area (Å²) < 4.78 is 0. The quantitative estimate of drug-likeness (QED) is 0.630. The molecule has 0 aliphatic carbocycles. The van der Waals surface area contributed by atoms with Crippen molar-refractivity contribution < 1.29 is 9.76 Å². The van der Waals surface area contributed by atoms with Crippen LogP contribution in [0, 0.1) is 10.1 Å². The standard InChI is InChI=1S/C11H16N2O3/c1-11(2,3)16-12-8-9-6-4-5-7-10(9)13(14)15/h4-7,12H,8H2,1-3H3. The van der Waals surface area contributed by atoms with Crippen LogP contribution in [-0.4, -0.2) is 10.5 Å². The van der Waals surface area contributed by atoms with Crippen LogP contribution in [0.15, 0.2) is 24.3 Å². The van der Waals surface area contributed by atoms with Gasteiger partial charge in [-0.2, -0.15) is 5.48 Å². The largest absolute Gasteiger partial charge is 0.296 e. The van der Waals surface area contributed by atoms with E-state index in [1.54, 1.807) is 18.2 Å². The molecule has 0 aromatic heterocycles. The van der Waals surface area contributed by atoms with Gasteiger partial charge < -0.3 is 0 Å². The first-order valence-electron chi connectivity index (χ1n) is 5.03. The fraction of sp³-hybridized carbons (Fsp3) is 0.455. The molecule has 0 radical (unpaired) electrons. The SMILES string of the molecule is CC(C)(C)ONCc1ccccc1[N+](=O)[O-]. The number of nitro benzene ring substituents is 1. The van der Waals surface area contributed by atoms with E-state index in [1.807, 2.05) is 20.8 Å². The van der Waals surface area contributed by atoms with Crippen LogP contribution < -0.4 is 5.48 Å². The molecular formula is C11H16N2O3. The van der Waals surface area contributed by atoms with Crippen molar-refractivity contribution in [3.05, 3.63) is 39.9 Å². The monoisotopic (exact) mass is 224 g/mol. The fourth-order valence-corrected chi connectivity index (χ4v) is 1.17. The molecule has 1 aromatic rings. The molecule has 0 unspecified atom stereocenters. The van der Waals surface area contributed by atoms with Crippen LogP contribution in [0.5, 0.6) is 0 Å². The molecule has 5 nitrogen and oxygen atoms in total. The van der Waals surface area contributed by atoms with Gasteiger partial charge >= 0.3 is 0 Å². The third kappa shape index (κ3) is 3.96. The molecule has 0 saturated carbocycles. The van der Waals surface area contributed by atoms with Crippen molar-refractivity contribution in [3.8, 4) is 0 Å². The third-order valence-corrected chi connectivity index (χ3v) is 1.83. The highest BCUT2D eigenvalue weighted by molar-refractivity contribution is 5.39. The van der Waals surface area contributed by atoms with E-state index in [0.717, 1.165) is 0 Å². The predicted octanol–water partition coefficient (Wildman–Crippen LogP) is 2.41. The minimum Gasteiger partial charge on any atom is -0.296 e. The third-order valence-electron chi connectivity index (χ3n) is 1.83. The van der Waals surface area contributed by atoms with E-state index in [9.17, 15) is 10.1 Å². The Hall–Kier alpha value is -1.46. The summed E-state index contributed by atoms with van der Waals surface area (Å²) in [5, 5.41) is 10.7. The fourth-order valence-electron chi connectivity index (χ4n) is 1.17. The summed E-state index contributed by atoms with van der Waals surface area (Å²) in [4.78, 5) is 15.6. The van der Waals surface area contributed by atoms with Crippen LogP contribution in [0.2, 0.25) is 0 Å². The summed E-state index contributed by atoms with van der Waals surface area (Å²) in [5.74, 6) is 0. The van der Waals surface area contributed by atoms with E-state index in [0.29, 0.717) is 12.1 Å². The van der Waals surface area contributed by atoms with Crippen LogP contribution in [-0.2, 0) is 11.4 Å². The Bertz CT molecular complexity index is 372. The lowest BCUT2D eigenvalue weighted by Gasteiger charge is -2.19. The molecule has 16 heavy (non-hydrogen) atoms. The van der Waals surface area contributed by atoms with Crippen LogP contribution in [0.1, 0.15) is 26.3 Å². The minimum atomic E-state index is -0.395. The van der Waals surface area contributed by atoms with Crippen molar-refractivity contribution in [1.82, 2.24) is 5.48 Å². The van der Waals surface area contributed by atoms with Gasteiger partial charge in [0.05, 0.1) is 17.1 Å². The number of hydrogen-bond donors (Lipinski definition) is 1. The van der Waals surface area contributed by atoms with Crippen molar-refractivity contribution >= 4 is 5.69 Å². The number of hydrogen-bond acceptors (Lipinski definition) is 4. The molecular weight excluding hydrogens is 208 g/mol. The number of nitrogens with one attached hydrogen (secondary N) is 1. The maximum atomic E-state index is 10.7. The smallest absolute Gasteiger partial charge is 0.273 e. The van der Waals surface area contributed by atoms with Gasteiger partial charge in [0, 0.05) is 11.6 Å². The van der Waals surface area contributed by atoms with Gasteiger partial charge in [0.2, 0.25) is 0 Å². The number of rotatable bonds is 4. The molecule has 0 fully saturated rings. The van der Waals surface area contributed by atoms with Gasteiger partial charge in [-0.3, -0.25) is 15.0 Å². The molecule has 5 heteroatoms. The van der Waals surface area contributed by atoms with Crippen LogP contribution in [0.25, 0.3) is 0 Å². The van der Waals surface area contributed by atoms with Gasteiger partial charge in [-0.1, -0.05) is 18.2 Å². The average molecular weight is 224 g/mol. The van der Waals surface area contributed by atoms with Gasteiger partial charge in [-0.15, -0.1) is 0 Å². The molecule has 0 amide bonds. The molecule has 1 aromatic carbocycles. The highest BCUT2D eigenvalue weighted by Crippen LogP contribution is 2.17. The molecule has 1 N–H and O–H groups in total. The molecule has 0 bridgehead atoms. The maximum absolute atomic E-state index is 10.7. The van der Waals surface area contributed by atoms with Gasteiger partial charge in [-0.05, 0) is 20.8 Å². The lowest BCUT2D eigenvalue weighted by molar-refractivity contribution is -0.385. The van der Waals surface area contributed by atoms with E-state index in [4.69, 9.17) is 4.84 Å². The molecule has 88 valence electrons. The zero-order valence-corrected chi connectivity index (χ0v) is 9.69. The Morgan fingerprint density at radius 2 is 2.00 bits per heavy atom. The normalized spacial score (nSPS) is 11.4. The second-order valence-corrected chi connectivity index (χ2v) is 4.42. The Balaban J connectivity index is 2.64. The van der Waals surface area contributed by atoms with Crippen molar-refractivity contribution in [2.45, 2.75) is 32.9 Å². The second-order valence-electron chi connectivity index (χ2n) is 4.42. The molecule has 0 spiro atoms. The average Bonchev–Trinajstić information content (AvgIpc) is 2.16. The lowest BCUT2D eigenvalue weighted by Crippen LogP contribution is -2.28. The molecule has 0 aliphatic heterocycles. The van der Waals surface area contributed by atoms with Crippen molar-refractivity contribution in [1.29, 1.82) is 0 Å². The zero-order chi connectivity index (χ0) is 12.2. The van der Waals surface area contributed by atoms with Crippen LogP contribution >= 0.6 is 0 Å². The van der Waals surface area contributed by atoms with Gasteiger partial charge in [0.25, 0.3) is 5.69 Å². The summed E-state index contributed by atoms with van der Waals surface area (Å²) in [6.07, 6.45) is 0. The summed E-state index contributed by atoms with van der Waals surface area (Å²) in [6.45, 7) is 6.02. The van der Waals surface area contributed by atoms with E-state index in [2.05, 4.69) is 5.48 Å². The number of nitrogens with zero attached hydrogens (tertiary/aromatic N) is 1. The molecule has 0 atom stereocenters. The topological polar surface area (TPSA) is 64.4 Å². The Labute approximate surface area is 94.5 Å².